The molecule has 0 fully saturated rings. The number of hydrogen-bond acceptors (Lipinski definition) is 3. The second-order valence-corrected chi connectivity index (χ2v) is 5.45. The number of amidine groups is 1. The molecule has 2 heterocycles. The molecule has 0 aliphatic rings. The Morgan fingerprint density at radius 3 is 2.70 bits per heavy atom. The highest BCUT2D eigenvalue weighted by Crippen LogP contribution is 2.20. The Hall–Kier alpha value is -2.83. The monoisotopic (exact) mass is 315 g/mol. The van der Waals surface area contributed by atoms with Crippen LogP contribution in [0.4, 0.5) is 8.78 Å². The van der Waals surface area contributed by atoms with E-state index in [1.165, 1.54) is 13.0 Å². The molecule has 0 amide bonds. The molecule has 0 unspecified atom stereocenters. The summed E-state index contributed by atoms with van der Waals surface area (Å²) in [5.74, 6) is -1.17. The molecule has 0 atom stereocenters. The molecule has 0 saturated carbocycles. The molecule has 2 aromatic heterocycles. The van der Waals surface area contributed by atoms with E-state index in [2.05, 4.69) is 9.97 Å². The molecule has 5 nitrogen and oxygen atoms in total. The standard InChI is InChI=1S/C16H15F2N5/c1-8-3-12(18)10(4-11(8)17)5-13-16-21-6-9(2)23(16)7-14(22-13)15(19)20/h3-4,6-7H,5H2,1-2H3,(H3,19,20). The van der Waals surface area contributed by atoms with Crippen LogP contribution in [0, 0.1) is 30.9 Å². The van der Waals surface area contributed by atoms with Gasteiger partial charge in [-0.2, -0.15) is 0 Å². The molecule has 0 bridgehead atoms. The average Bonchev–Trinajstić information content (AvgIpc) is 2.86. The van der Waals surface area contributed by atoms with Gasteiger partial charge in [-0.05, 0) is 37.1 Å². The summed E-state index contributed by atoms with van der Waals surface area (Å²) in [5.41, 5.74) is 8.02. The molecule has 3 rings (SSSR count). The minimum absolute atomic E-state index is 0.0596. The molecule has 3 N–H and O–H groups in total. The van der Waals surface area contributed by atoms with Gasteiger partial charge >= 0.3 is 0 Å². The van der Waals surface area contributed by atoms with Gasteiger partial charge in [0.2, 0.25) is 0 Å². The maximum Gasteiger partial charge on any atom is 0.159 e. The number of nitrogens with zero attached hydrogens (tertiary/aromatic N) is 3. The summed E-state index contributed by atoms with van der Waals surface area (Å²) in [7, 11) is 0. The van der Waals surface area contributed by atoms with Crippen molar-refractivity contribution in [3.05, 3.63) is 64.4 Å². The van der Waals surface area contributed by atoms with Gasteiger partial charge in [0.1, 0.15) is 23.2 Å². The maximum atomic E-state index is 14.1. The van der Waals surface area contributed by atoms with Gasteiger partial charge in [0.05, 0.1) is 5.69 Å². The third-order valence-electron chi connectivity index (χ3n) is 3.71. The molecular weight excluding hydrogens is 300 g/mol. The van der Waals surface area contributed by atoms with E-state index in [1.807, 2.05) is 6.92 Å². The molecule has 0 radical (unpaired) electrons. The lowest BCUT2D eigenvalue weighted by atomic mass is 10.1. The lowest BCUT2D eigenvalue weighted by Gasteiger charge is -2.09. The summed E-state index contributed by atoms with van der Waals surface area (Å²) < 4.78 is 29.6. The van der Waals surface area contributed by atoms with Crippen molar-refractivity contribution in [1.82, 2.24) is 14.4 Å². The van der Waals surface area contributed by atoms with Crippen molar-refractivity contribution in [2.75, 3.05) is 0 Å². The smallest absolute Gasteiger partial charge is 0.159 e. The average molecular weight is 315 g/mol. The number of rotatable bonds is 3. The number of nitrogen functional groups attached to an aromatic ring is 1. The molecule has 7 heteroatoms. The van der Waals surface area contributed by atoms with Crippen LogP contribution < -0.4 is 5.73 Å². The van der Waals surface area contributed by atoms with Gasteiger partial charge in [-0.3, -0.25) is 5.41 Å². The molecule has 23 heavy (non-hydrogen) atoms. The topological polar surface area (TPSA) is 80.1 Å². The number of hydrogen-bond donors (Lipinski definition) is 2. The van der Waals surface area contributed by atoms with Crippen LogP contribution in [0.5, 0.6) is 0 Å². The zero-order chi connectivity index (χ0) is 16.7. The van der Waals surface area contributed by atoms with Crippen molar-refractivity contribution in [1.29, 1.82) is 5.41 Å². The predicted molar refractivity (Wildman–Crippen MR) is 82.6 cm³/mol. The Morgan fingerprint density at radius 2 is 2.00 bits per heavy atom. The van der Waals surface area contributed by atoms with Gasteiger partial charge in [-0.15, -0.1) is 0 Å². The Bertz CT molecular complexity index is 930. The largest absolute Gasteiger partial charge is 0.382 e. The van der Waals surface area contributed by atoms with Crippen LogP contribution in [0.25, 0.3) is 5.65 Å². The first-order valence-electron chi connectivity index (χ1n) is 6.99. The van der Waals surface area contributed by atoms with E-state index < -0.39 is 11.6 Å². The Kier molecular flexibility index (Phi) is 3.55. The van der Waals surface area contributed by atoms with Crippen LogP contribution in [0.2, 0.25) is 0 Å². The van der Waals surface area contributed by atoms with Crippen molar-refractivity contribution in [3.63, 3.8) is 0 Å². The fourth-order valence-corrected chi connectivity index (χ4v) is 2.42. The van der Waals surface area contributed by atoms with E-state index in [-0.39, 0.29) is 29.1 Å². The van der Waals surface area contributed by atoms with Crippen molar-refractivity contribution >= 4 is 11.5 Å². The van der Waals surface area contributed by atoms with E-state index in [4.69, 9.17) is 11.1 Å². The number of aromatic nitrogens is 3. The van der Waals surface area contributed by atoms with Crippen LogP contribution in [-0.2, 0) is 6.42 Å². The first-order chi connectivity index (χ1) is 10.9. The summed E-state index contributed by atoms with van der Waals surface area (Å²) >= 11 is 0. The molecule has 0 aliphatic carbocycles. The normalized spacial score (nSPS) is 11.1. The van der Waals surface area contributed by atoms with Crippen molar-refractivity contribution in [3.8, 4) is 0 Å². The van der Waals surface area contributed by atoms with Gasteiger partial charge < -0.3 is 10.1 Å². The zero-order valence-electron chi connectivity index (χ0n) is 12.7. The SMILES string of the molecule is Cc1cc(F)c(Cc2nc(C(=N)N)cn3c(C)cnc23)cc1F. The van der Waals surface area contributed by atoms with E-state index >= 15 is 0 Å². The zero-order valence-corrected chi connectivity index (χ0v) is 12.7. The number of benzene rings is 1. The van der Waals surface area contributed by atoms with Crippen LogP contribution in [0.1, 0.15) is 28.2 Å². The van der Waals surface area contributed by atoms with Crippen LogP contribution in [-0.4, -0.2) is 20.2 Å². The van der Waals surface area contributed by atoms with Crippen molar-refractivity contribution in [2.24, 2.45) is 5.73 Å². The lowest BCUT2D eigenvalue weighted by Crippen LogP contribution is -2.16. The van der Waals surface area contributed by atoms with Crippen LogP contribution in [0.3, 0.4) is 0 Å². The number of aryl methyl sites for hydroxylation is 2. The van der Waals surface area contributed by atoms with Gasteiger partial charge in [0.15, 0.2) is 5.65 Å². The fraction of sp³-hybridized carbons (Fsp3) is 0.188. The summed E-state index contributed by atoms with van der Waals surface area (Å²) in [5, 5.41) is 7.56. The molecule has 3 aromatic rings. The highest BCUT2D eigenvalue weighted by Gasteiger charge is 2.15. The highest BCUT2D eigenvalue weighted by molar-refractivity contribution is 5.93. The minimum Gasteiger partial charge on any atom is -0.382 e. The second kappa shape index (κ2) is 5.42. The van der Waals surface area contributed by atoms with Crippen molar-refractivity contribution < 1.29 is 8.78 Å². The number of nitrogens with one attached hydrogen (secondary N) is 1. The summed E-state index contributed by atoms with van der Waals surface area (Å²) in [6.45, 7) is 3.35. The molecule has 0 spiro atoms. The maximum absolute atomic E-state index is 14.1. The summed E-state index contributed by atoms with van der Waals surface area (Å²) in [6, 6.07) is 2.33. The van der Waals surface area contributed by atoms with E-state index in [0.29, 0.717) is 11.3 Å². The van der Waals surface area contributed by atoms with Crippen molar-refractivity contribution in [2.45, 2.75) is 20.3 Å². The van der Waals surface area contributed by atoms with E-state index in [9.17, 15) is 8.78 Å². The molecule has 1 aromatic carbocycles. The fourth-order valence-electron chi connectivity index (χ4n) is 2.42. The van der Waals surface area contributed by atoms with Crippen LogP contribution >= 0.6 is 0 Å². The first-order valence-corrected chi connectivity index (χ1v) is 6.99. The van der Waals surface area contributed by atoms with Gasteiger partial charge in [-0.25, -0.2) is 18.7 Å². The Morgan fingerprint density at radius 1 is 1.26 bits per heavy atom. The molecule has 0 aliphatic heterocycles. The lowest BCUT2D eigenvalue weighted by molar-refractivity contribution is 0.581. The third kappa shape index (κ3) is 2.65. The first kappa shape index (κ1) is 15.1. The third-order valence-corrected chi connectivity index (χ3v) is 3.71. The quantitative estimate of drug-likeness (QED) is 0.575. The van der Waals surface area contributed by atoms with Crippen LogP contribution in [0.15, 0.2) is 24.5 Å². The van der Waals surface area contributed by atoms with Gasteiger partial charge in [0, 0.05) is 24.5 Å². The minimum atomic E-state index is -0.500. The van der Waals surface area contributed by atoms with E-state index in [1.54, 1.807) is 16.8 Å². The molecule has 0 saturated heterocycles. The van der Waals surface area contributed by atoms with E-state index in [0.717, 1.165) is 11.8 Å². The number of halogens is 2. The van der Waals surface area contributed by atoms with Gasteiger partial charge in [0.25, 0.3) is 0 Å². The Labute approximate surface area is 131 Å². The van der Waals surface area contributed by atoms with Gasteiger partial charge in [-0.1, -0.05) is 0 Å². The molecular formula is C16H15F2N5. The Balaban J connectivity index is 2.16. The number of nitrogens with two attached hydrogens (primary N) is 1. The number of imidazole rings is 1. The molecule has 118 valence electrons. The predicted octanol–water partition coefficient (Wildman–Crippen LogP) is 2.50. The number of fused-ring (bicyclic) bond motifs is 1. The summed E-state index contributed by atoms with van der Waals surface area (Å²) in [6.07, 6.45) is 3.32. The second-order valence-electron chi connectivity index (χ2n) is 5.45. The highest BCUT2D eigenvalue weighted by atomic mass is 19.1. The summed E-state index contributed by atoms with van der Waals surface area (Å²) in [4.78, 5) is 8.54.